The molecule has 0 saturated heterocycles. The molecule has 0 bridgehead atoms. The zero-order valence-corrected chi connectivity index (χ0v) is 9.20. The molecule has 18 heavy (non-hydrogen) atoms. The molecule has 0 radical (unpaired) electrons. The first-order chi connectivity index (χ1) is 8.66. The summed E-state index contributed by atoms with van der Waals surface area (Å²) in [4.78, 5) is 14.4. The van der Waals surface area contributed by atoms with E-state index < -0.39 is 4.92 Å². The van der Waals surface area contributed by atoms with Gasteiger partial charge in [0.1, 0.15) is 5.52 Å². The summed E-state index contributed by atoms with van der Waals surface area (Å²) >= 11 is 0. The number of rotatable bonds is 1. The fourth-order valence-electron chi connectivity index (χ4n) is 1.97. The van der Waals surface area contributed by atoms with E-state index in [4.69, 9.17) is 0 Å². The second-order valence-electron chi connectivity index (χ2n) is 3.94. The van der Waals surface area contributed by atoms with Gasteiger partial charge in [-0.3, -0.25) is 10.1 Å². The van der Waals surface area contributed by atoms with Crippen LogP contribution >= 0.6 is 0 Å². The Hall–Kier alpha value is -2.69. The maximum absolute atomic E-state index is 10.7. The summed E-state index contributed by atoms with van der Waals surface area (Å²) in [6, 6.07) is 12.1. The van der Waals surface area contributed by atoms with Crippen LogP contribution < -0.4 is 0 Å². The number of fused-ring (bicyclic) bond motifs is 2. The van der Waals surface area contributed by atoms with Crippen molar-refractivity contribution in [2.45, 2.75) is 0 Å². The van der Waals surface area contributed by atoms with Gasteiger partial charge in [0.15, 0.2) is 0 Å². The average molecular weight is 240 g/mol. The fraction of sp³-hybridized carbons (Fsp3) is 0. The normalized spacial score (nSPS) is 10.9. The molecule has 3 rings (SSSR count). The minimum atomic E-state index is -0.619. The molecule has 0 aliphatic carbocycles. The Morgan fingerprint density at radius 2 is 1.89 bits per heavy atom. The lowest BCUT2D eigenvalue weighted by Crippen LogP contribution is -1.90. The van der Waals surface area contributed by atoms with Gasteiger partial charge in [0.05, 0.1) is 10.4 Å². The van der Waals surface area contributed by atoms with Gasteiger partial charge < -0.3 is 5.11 Å². The summed E-state index contributed by atoms with van der Waals surface area (Å²) in [5, 5.41) is 22.2. The molecule has 0 saturated carbocycles. The number of phenols is 1. The Morgan fingerprint density at radius 1 is 1.11 bits per heavy atom. The summed E-state index contributed by atoms with van der Waals surface area (Å²) in [6.07, 6.45) is 0. The largest absolute Gasteiger partial charge is 0.501 e. The van der Waals surface area contributed by atoms with Crippen LogP contribution in [0, 0.1) is 10.1 Å². The number of hydrogen-bond acceptors (Lipinski definition) is 4. The third-order valence-electron chi connectivity index (χ3n) is 2.84. The first kappa shape index (κ1) is 10.5. The number of nitro benzene ring substituents is 1. The number of aromatic hydroxyl groups is 1. The molecule has 1 aromatic heterocycles. The van der Waals surface area contributed by atoms with Crippen LogP contribution in [0.2, 0.25) is 0 Å². The summed E-state index contributed by atoms with van der Waals surface area (Å²) in [6.45, 7) is 0. The van der Waals surface area contributed by atoms with Crippen molar-refractivity contribution in [3.8, 4) is 5.75 Å². The SMILES string of the molecule is O=[N+]([O-])c1ccc2cc3ccccc3nc2c1O. The quantitative estimate of drug-likeness (QED) is 0.403. The van der Waals surface area contributed by atoms with Crippen LogP contribution in [0.5, 0.6) is 5.75 Å². The van der Waals surface area contributed by atoms with Crippen molar-refractivity contribution >= 4 is 27.5 Å². The molecule has 0 unspecified atom stereocenters. The molecule has 1 N–H and O–H groups in total. The van der Waals surface area contributed by atoms with E-state index in [-0.39, 0.29) is 17.0 Å². The topological polar surface area (TPSA) is 76.3 Å². The molecule has 0 aliphatic heterocycles. The molecule has 0 atom stereocenters. The molecule has 2 aromatic carbocycles. The van der Waals surface area contributed by atoms with Crippen LogP contribution in [0.25, 0.3) is 21.8 Å². The maximum Gasteiger partial charge on any atom is 0.313 e. The van der Waals surface area contributed by atoms with Crippen molar-refractivity contribution in [1.82, 2.24) is 4.98 Å². The van der Waals surface area contributed by atoms with Crippen LogP contribution in [0.3, 0.4) is 0 Å². The highest BCUT2D eigenvalue weighted by Crippen LogP contribution is 2.34. The first-order valence-corrected chi connectivity index (χ1v) is 5.32. The van der Waals surface area contributed by atoms with E-state index in [2.05, 4.69) is 4.98 Å². The predicted octanol–water partition coefficient (Wildman–Crippen LogP) is 3.00. The molecule has 0 fully saturated rings. The minimum Gasteiger partial charge on any atom is -0.501 e. The van der Waals surface area contributed by atoms with Crippen LogP contribution in [-0.2, 0) is 0 Å². The number of aromatic nitrogens is 1. The van der Waals surface area contributed by atoms with E-state index in [9.17, 15) is 15.2 Å². The van der Waals surface area contributed by atoms with E-state index in [0.29, 0.717) is 10.9 Å². The lowest BCUT2D eigenvalue weighted by molar-refractivity contribution is -0.385. The second kappa shape index (κ2) is 3.66. The summed E-state index contributed by atoms with van der Waals surface area (Å²) in [5.41, 5.74) is 0.619. The van der Waals surface area contributed by atoms with E-state index in [1.54, 1.807) is 12.1 Å². The van der Waals surface area contributed by atoms with Crippen LogP contribution in [0.1, 0.15) is 0 Å². The molecule has 0 spiro atoms. The van der Waals surface area contributed by atoms with Crippen molar-refractivity contribution in [1.29, 1.82) is 0 Å². The van der Waals surface area contributed by atoms with E-state index >= 15 is 0 Å². The smallest absolute Gasteiger partial charge is 0.313 e. The molecule has 0 aliphatic rings. The fourth-order valence-corrected chi connectivity index (χ4v) is 1.97. The molecule has 1 heterocycles. The third-order valence-corrected chi connectivity index (χ3v) is 2.84. The molecule has 0 amide bonds. The Kier molecular flexibility index (Phi) is 2.13. The maximum atomic E-state index is 10.7. The highest BCUT2D eigenvalue weighted by atomic mass is 16.6. The first-order valence-electron chi connectivity index (χ1n) is 5.32. The van der Waals surface area contributed by atoms with Crippen molar-refractivity contribution in [3.05, 3.63) is 52.6 Å². The Bertz CT molecular complexity index is 784. The van der Waals surface area contributed by atoms with Gasteiger partial charge in [0, 0.05) is 16.8 Å². The number of benzene rings is 2. The van der Waals surface area contributed by atoms with Gasteiger partial charge in [-0.2, -0.15) is 0 Å². The molecular formula is C13H8N2O3. The minimum absolute atomic E-state index is 0.253. The zero-order valence-electron chi connectivity index (χ0n) is 9.20. The Balaban J connectivity index is 2.44. The van der Waals surface area contributed by atoms with Gasteiger partial charge >= 0.3 is 5.69 Å². The number of nitro groups is 1. The van der Waals surface area contributed by atoms with Gasteiger partial charge in [-0.25, -0.2) is 4.98 Å². The summed E-state index contributed by atoms with van der Waals surface area (Å²) in [5.74, 6) is -0.386. The third kappa shape index (κ3) is 1.45. The van der Waals surface area contributed by atoms with Crippen LogP contribution in [0.15, 0.2) is 42.5 Å². The highest BCUT2D eigenvalue weighted by Gasteiger charge is 2.17. The summed E-state index contributed by atoms with van der Waals surface area (Å²) < 4.78 is 0. The van der Waals surface area contributed by atoms with E-state index in [1.165, 1.54) is 6.07 Å². The number of para-hydroxylation sites is 1. The van der Waals surface area contributed by atoms with Crippen molar-refractivity contribution < 1.29 is 10.0 Å². The molecule has 3 aromatic rings. The van der Waals surface area contributed by atoms with E-state index in [0.717, 1.165) is 5.39 Å². The van der Waals surface area contributed by atoms with Gasteiger partial charge in [-0.15, -0.1) is 0 Å². The van der Waals surface area contributed by atoms with Crippen molar-refractivity contribution in [2.75, 3.05) is 0 Å². The van der Waals surface area contributed by atoms with Crippen LogP contribution in [-0.4, -0.2) is 15.0 Å². The number of phenolic OH excluding ortho intramolecular Hbond substituents is 1. The van der Waals surface area contributed by atoms with Crippen molar-refractivity contribution in [2.24, 2.45) is 0 Å². The van der Waals surface area contributed by atoms with Crippen molar-refractivity contribution in [3.63, 3.8) is 0 Å². The molecule has 5 heteroatoms. The monoisotopic (exact) mass is 240 g/mol. The van der Waals surface area contributed by atoms with Gasteiger partial charge in [-0.1, -0.05) is 18.2 Å². The van der Waals surface area contributed by atoms with Gasteiger partial charge in [0.2, 0.25) is 5.75 Å². The lowest BCUT2D eigenvalue weighted by Gasteiger charge is -2.03. The van der Waals surface area contributed by atoms with Gasteiger partial charge in [0.25, 0.3) is 0 Å². The zero-order chi connectivity index (χ0) is 12.7. The Labute approximate surface area is 101 Å². The summed E-state index contributed by atoms with van der Waals surface area (Å²) in [7, 11) is 0. The lowest BCUT2D eigenvalue weighted by atomic mass is 10.1. The molecular weight excluding hydrogens is 232 g/mol. The standard InChI is InChI=1S/C13H8N2O3/c16-13-11(15(17)18)6-5-9-7-8-3-1-2-4-10(8)14-12(9)13/h1-7,16H. The van der Waals surface area contributed by atoms with Gasteiger partial charge in [-0.05, 0) is 18.2 Å². The Morgan fingerprint density at radius 3 is 2.67 bits per heavy atom. The average Bonchev–Trinajstić information content (AvgIpc) is 2.37. The van der Waals surface area contributed by atoms with Crippen LogP contribution in [0.4, 0.5) is 5.69 Å². The molecule has 5 nitrogen and oxygen atoms in total. The predicted molar refractivity (Wildman–Crippen MR) is 67.6 cm³/mol. The second-order valence-corrected chi connectivity index (χ2v) is 3.94. The van der Waals surface area contributed by atoms with E-state index in [1.807, 2.05) is 24.3 Å². The highest BCUT2D eigenvalue weighted by molar-refractivity contribution is 5.96. The number of hydrogen-bond donors (Lipinski definition) is 1. The number of nitrogens with zero attached hydrogens (tertiary/aromatic N) is 2. The number of pyridine rings is 1. The molecule has 88 valence electrons.